The Hall–Kier alpha value is -2.13. The van der Waals surface area contributed by atoms with E-state index in [9.17, 15) is 8.78 Å². The molecule has 7 nitrogen and oxygen atoms in total. The van der Waals surface area contributed by atoms with Crippen LogP contribution in [-0.2, 0) is 30.4 Å². The lowest BCUT2D eigenvalue weighted by Gasteiger charge is -2.36. The Morgan fingerprint density at radius 3 is 2.67 bits per heavy atom. The Morgan fingerprint density at radius 2 is 1.93 bits per heavy atom. The molecule has 2 aromatic rings. The SMILES string of the molecule is Cc1c(CN2CC[C@]3(COCc4cnc(N5CCC(F)(F)CC5)nc43)C2)cnn1C. The number of nitrogens with zero attached hydrogens (tertiary/aromatic N) is 6. The minimum atomic E-state index is -2.57. The van der Waals surface area contributed by atoms with Crippen molar-refractivity contribution in [3.63, 3.8) is 0 Å². The van der Waals surface area contributed by atoms with E-state index in [1.807, 2.05) is 29.0 Å². The fourth-order valence-corrected chi connectivity index (χ4v) is 4.92. The summed E-state index contributed by atoms with van der Waals surface area (Å²) in [5, 5.41) is 4.36. The average molecular weight is 418 g/mol. The number of ether oxygens (including phenoxy) is 1. The monoisotopic (exact) mass is 418 g/mol. The van der Waals surface area contributed by atoms with Gasteiger partial charge in [0.15, 0.2) is 0 Å². The number of hydrogen-bond acceptors (Lipinski definition) is 6. The molecule has 0 radical (unpaired) electrons. The molecular weight excluding hydrogens is 390 g/mol. The number of anilines is 1. The molecule has 5 rings (SSSR count). The van der Waals surface area contributed by atoms with Crippen LogP contribution in [0.4, 0.5) is 14.7 Å². The lowest BCUT2D eigenvalue weighted by molar-refractivity contribution is -0.0223. The lowest BCUT2D eigenvalue weighted by atomic mass is 9.80. The van der Waals surface area contributed by atoms with Crippen molar-refractivity contribution in [1.82, 2.24) is 24.6 Å². The van der Waals surface area contributed by atoms with Gasteiger partial charge in [-0.1, -0.05) is 0 Å². The highest BCUT2D eigenvalue weighted by molar-refractivity contribution is 5.39. The molecule has 0 amide bonds. The fourth-order valence-electron chi connectivity index (χ4n) is 4.92. The van der Waals surface area contributed by atoms with Gasteiger partial charge in [-0.3, -0.25) is 9.58 Å². The molecule has 0 aliphatic carbocycles. The summed E-state index contributed by atoms with van der Waals surface area (Å²) in [6.45, 7) is 6.51. The van der Waals surface area contributed by atoms with Crippen molar-refractivity contribution >= 4 is 5.95 Å². The van der Waals surface area contributed by atoms with Crippen molar-refractivity contribution < 1.29 is 13.5 Å². The second-order valence-electron chi connectivity index (χ2n) is 9.00. The van der Waals surface area contributed by atoms with Crippen LogP contribution in [0.1, 0.15) is 41.8 Å². The smallest absolute Gasteiger partial charge is 0.251 e. The molecule has 3 aliphatic rings. The van der Waals surface area contributed by atoms with Crippen LogP contribution >= 0.6 is 0 Å². The van der Waals surface area contributed by atoms with E-state index in [2.05, 4.69) is 21.9 Å². The first-order chi connectivity index (χ1) is 14.4. The summed E-state index contributed by atoms with van der Waals surface area (Å²) < 4.78 is 35.0. The molecule has 0 saturated carbocycles. The number of rotatable bonds is 3. The number of aryl methyl sites for hydroxylation is 1. The van der Waals surface area contributed by atoms with Gasteiger partial charge in [-0.25, -0.2) is 18.7 Å². The molecule has 2 aromatic heterocycles. The van der Waals surface area contributed by atoms with Gasteiger partial charge < -0.3 is 9.64 Å². The van der Waals surface area contributed by atoms with E-state index in [1.54, 1.807) is 0 Å². The average Bonchev–Trinajstić information content (AvgIpc) is 3.27. The minimum Gasteiger partial charge on any atom is -0.376 e. The predicted octanol–water partition coefficient (Wildman–Crippen LogP) is 2.43. The van der Waals surface area contributed by atoms with Gasteiger partial charge in [0.25, 0.3) is 5.92 Å². The zero-order chi connectivity index (χ0) is 20.9. The highest BCUT2D eigenvalue weighted by atomic mass is 19.3. The van der Waals surface area contributed by atoms with Gasteiger partial charge in [-0.05, 0) is 19.9 Å². The molecule has 5 heterocycles. The van der Waals surface area contributed by atoms with Crippen molar-refractivity contribution in [3.8, 4) is 0 Å². The summed E-state index contributed by atoms with van der Waals surface area (Å²) in [4.78, 5) is 13.7. The van der Waals surface area contributed by atoms with Gasteiger partial charge >= 0.3 is 0 Å². The first kappa shape index (κ1) is 19.8. The van der Waals surface area contributed by atoms with Gasteiger partial charge in [0.1, 0.15) is 0 Å². The predicted molar refractivity (Wildman–Crippen MR) is 108 cm³/mol. The second-order valence-corrected chi connectivity index (χ2v) is 9.00. The van der Waals surface area contributed by atoms with Crippen LogP contribution in [0.5, 0.6) is 0 Å². The zero-order valence-corrected chi connectivity index (χ0v) is 17.6. The van der Waals surface area contributed by atoms with Crippen molar-refractivity contribution in [2.45, 2.75) is 50.7 Å². The van der Waals surface area contributed by atoms with Crippen LogP contribution in [-0.4, -0.2) is 63.4 Å². The topological polar surface area (TPSA) is 59.3 Å². The number of piperidine rings is 1. The number of aromatic nitrogens is 4. The normalized spacial score (nSPS) is 26.3. The molecule has 0 bridgehead atoms. The maximum absolute atomic E-state index is 13.6. The molecule has 1 spiro atoms. The van der Waals surface area contributed by atoms with E-state index in [-0.39, 0.29) is 18.3 Å². The van der Waals surface area contributed by atoms with E-state index in [0.717, 1.165) is 37.3 Å². The summed E-state index contributed by atoms with van der Waals surface area (Å²) in [7, 11) is 1.96. The van der Waals surface area contributed by atoms with Crippen LogP contribution in [0.25, 0.3) is 0 Å². The zero-order valence-electron chi connectivity index (χ0n) is 17.6. The van der Waals surface area contributed by atoms with Crippen molar-refractivity contribution in [2.75, 3.05) is 37.7 Å². The summed E-state index contributed by atoms with van der Waals surface area (Å²) in [6, 6.07) is 0. The van der Waals surface area contributed by atoms with Gasteiger partial charge in [-0.2, -0.15) is 5.10 Å². The van der Waals surface area contributed by atoms with E-state index >= 15 is 0 Å². The van der Waals surface area contributed by atoms with E-state index in [4.69, 9.17) is 9.72 Å². The Balaban J connectivity index is 1.37. The Labute approximate surface area is 175 Å². The molecule has 2 saturated heterocycles. The molecule has 30 heavy (non-hydrogen) atoms. The van der Waals surface area contributed by atoms with Crippen molar-refractivity contribution in [3.05, 3.63) is 34.9 Å². The standard InChI is InChI=1S/C21H28F2N6O/c1-15-16(10-25-27(15)2)11-28-6-3-20(13-28)14-30-12-17-9-24-19(26-18(17)20)29-7-4-21(22,23)5-8-29/h9-10H,3-8,11-14H2,1-2H3/t20-/m1/s1. The summed E-state index contributed by atoms with van der Waals surface area (Å²) in [6.07, 6.45) is 4.46. The number of hydrogen-bond donors (Lipinski definition) is 0. The van der Waals surface area contributed by atoms with Crippen molar-refractivity contribution in [2.24, 2.45) is 7.05 Å². The third-order valence-corrected chi connectivity index (χ3v) is 6.93. The largest absolute Gasteiger partial charge is 0.376 e. The highest BCUT2D eigenvalue weighted by Gasteiger charge is 2.45. The van der Waals surface area contributed by atoms with Gasteiger partial charge in [0.05, 0.1) is 30.5 Å². The highest BCUT2D eigenvalue weighted by Crippen LogP contribution is 2.40. The van der Waals surface area contributed by atoms with Gasteiger partial charge in [-0.15, -0.1) is 0 Å². The second kappa shape index (κ2) is 7.23. The third kappa shape index (κ3) is 3.47. The molecule has 1 atom stereocenters. The van der Waals surface area contributed by atoms with Crippen LogP contribution in [0.2, 0.25) is 0 Å². The summed E-state index contributed by atoms with van der Waals surface area (Å²) in [5.74, 6) is -2.00. The maximum atomic E-state index is 13.6. The van der Waals surface area contributed by atoms with Crippen LogP contribution < -0.4 is 4.90 Å². The first-order valence-corrected chi connectivity index (χ1v) is 10.6. The van der Waals surface area contributed by atoms with Gasteiger partial charge in [0, 0.05) is 69.1 Å². The number of halogens is 2. The molecule has 162 valence electrons. The van der Waals surface area contributed by atoms with E-state index in [0.29, 0.717) is 32.3 Å². The number of likely N-dealkylation sites (tertiary alicyclic amines) is 1. The maximum Gasteiger partial charge on any atom is 0.251 e. The minimum absolute atomic E-state index is 0.139. The molecule has 2 fully saturated rings. The Morgan fingerprint density at radius 1 is 1.13 bits per heavy atom. The van der Waals surface area contributed by atoms with Crippen molar-refractivity contribution in [1.29, 1.82) is 0 Å². The molecule has 0 N–H and O–H groups in total. The van der Waals surface area contributed by atoms with Crippen LogP contribution in [0, 0.1) is 6.92 Å². The van der Waals surface area contributed by atoms with Crippen LogP contribution in [0.3, 0.4) is 0 Å². The van der Waals surface area contributed by atoms with Crippen LogP contribution in [0.15, 0.2) is 12.4 Å². The number of alkyl halides is 2. The fraction of sp³-hybridized carbons (Fsp3) is 0.667. The molecule has 9 heteroatoms. The molecule has 0 unspecified atom stereocenters. The van der Waals surface area contributed by atoms with Gasteiger partial charge in [0.2, 0.25) is 5.95 Å². The van der Waals surface area contributed by atoms with E-state index < -0.39 is 5.92 Å². The lowest BCUT2D eigenvalue weighted by Crippen LogP contribution is -2.43. The third-order valence-electron chi connectivity index (χ3n) is 6.93. The first-order valence-electron chi connectivity index (χ1n) is 10.6. The Kier molecular flexibility index (Phi) is 4.77. The summed E-state index contributed by atoms with van der Waals surface area (Å²) in [5.41, 5.74) is 4.32. The molecular formula is C21H28F2N6O. The Bertz CT molecular complexity index is 938. The molecule has 0 aromatic carbocycles. The quantitative estimate of drug-likeness (QED) is 0.763. The van der Waals surface area contributed by atoms with E-state index in [1.165, 1.54) is 11.3 Å². The number of fused-ring (bicyclic) bond motifs is 2. The molecule has 3 aliphatic heterocycles. The summed E-state index contributed by atoms with van der Waals surface area (Å²) >= 11 is 0.